The maximum absolute atomic E-state index is 9.41. The average molecular weight is 354 g/mol. The first-order valence-corrected chi connectivity index (χ1v) is 6.88. The Morgan fingerprint density at radius 3 is 2.22 bits per heavy atom. The van der Waals surface area contributed by atoms with Gasteiger partial charge in [0.05, 0.1) is 6.10 Å². The van der Waals surface area contributed by atoms with Gasteiger partial charge < -0.3 is 9.84 Å². The average Bonchev–Trinajstić information content (AvgIpc) is 2.38. The molecular weight excluding hydrogens is 339 g/mol. The molecule has 0 radical (unpaired) electrons. The van der Waals surface area contributed by atoms with E-state index in [4.69, 9.17) is 4.74 Å². The van der Waals surface area contributed by atoms with Gasteiger partial charge in [-0.2, -0.15) is 0 Å². The summed E-state index contributed by atoms with van der Waals surface area (Å²) in [6.45, 7) is 2.31. The molecule has 0 aliphatic heterocycles. The van der Waals surface area contributed by atoms with Gasteiger partial charge in [0, 0.05) is 3.57 Å². The molecule has 18 heavy (non-hydrogen) atoms. The molecule has 0 fully saturated rings. The van der Waals surface area contributed by atoms with E-state index in [0.717, 1.165) is 16.9 Å². The van der Waals surface area contributed by atoms with Crippen LogP contribution in [-0.2, 0) is 6.61 Å². The molecule has 0 aromatic heterocycles. The number of rotatable bonds is 4. The fourth-order valence-electron chi connectivity index (χ4n) is 1.59. The molecule has 3 heteroatoms. The van der Waals surface area contributed by atoms with Gasteiger partial charge in [0.1, 0.15) is 12.4 Å². The predicted molar refractivity (Wildman–Crippen MR) is 80.6 cm³/mol. The molecule has 2 nitrogen and oxygen atoms in total. The van der Waals surface area contributed by atoms with Gasteiger partial charge in [-0.1, -0.05) is 24.3 Å². The normalized spacial score (nSPS) is 12.2. The molecule has 0 aliphatic rings. The Bertz CT molecular complexity index is 489. The highest BCUT2D eigenvalue weighted by Gasteiger charge is 2.01. The Morgan fingerprint density at radius 1 is 1.06 bits per heavy atom. The second-order valence-corrected chi connectivity index (χ2v) is 5.41. The van der Waals surface area contributed by atoms with Crippen molar-refractivity contribution >= 4 is 22.6 Å². The van der Waals surface area contributed by atoms with Crippen molar-refractivity contribution < 1.29 is 9.84 Å². The van der Waals surface area contributed by atoms with E-state index in [2.05, 4.69) is 46.9 Å². The summed E-state index contributed by atoms with van der Waals surface area (Å²) in [6.07, 6.45) is -0.435. The van der Waals surface area contributed by atoms with Crippen LogP contribution in [0, 0.1) is 3.57 Å². The minimum atomic E-state index is -0.435. The first-order valence-electron chi connectivity index (χ1n) is 5.80. The number of aliphatic hydroxyl groups excluding tert-OH is 1. The van der Waals surface area contributed by atoms with E-state index in [1.165, 1.54) is 3.57 Å². The summed E-state index contributed by atoms with van der Waals surface area (Å²) in [4.78, 5) is 0. The molecule has 1 atom stereocenters. The van der Waals surface area contributed by atoms with Crippen LogP contribution in [0.25, 0.3) is 0 Å². The van der Waals surface area contributed by atoms with Gasteiger partial charge in [0.2, 0.25) is 0 Å². The third kappa shape index (κ3) is 3.71. The molecule has 0 spiro atoms. The zero-order valence-electron chi connectivity index (χ0n) is 10.1. The van der Waals surface area contributed by atoms with Crippen molar-refractivity contribution in [2.45, 2.75) is 19.6 Å². The highest BCUT2D eigenvalue weighted by atomic mass is 127. The van der Waals surface area contributed by atoms with E-state index in [1.807, 2.05) is 24.3 Å². The van der Waals surface area contributed by atoms with Gasteiger partial charge in [-0.15, -0.1) is 0 Å². The summed E-state index contributed by atoms with van der Waals surface area (Å²) in [7, 11) is 0. The molecule has 1 N–H and O–H groups in total. The Balaban J connectivity index is 1.95. The Hall–Kier alpha value is -1.07. The van der Waals surface area contributed by atoms with Crippen LogP contribution in [0.5, 0.6) is 5.75 Å². The van der Waals surface area contributed by atoms with Crippen LogP contribution in [0.2, 0.25) is 0 Å². The molecule has 0 heterocycles. The minimum absolute atomic E-state index is 0.435. The molecule has 94 valence electrons. The molecule has 0 aliphatic carbocycles. The van der Waals surface area contributed by atoms with Crippen LogP contribution in [0.4, 0.5) is 0 Å². The summed E-state index contributed by atoms with van der Waals surface area (Å²) < 4.78 is 6.90. The molecule has 2 aromatic carbocycles. The fraction of sp³-hybridized carbons (Fsp3) is 0.200. The van der Waals surface area contributed by atoms with Crippen LogP contribution < -0.4 is 4.74 Å². The predicted octanol–water partition coefficient (Wildman–Crippen LogP) is 3.92. The van der Waals surface area contributed by atoms with E-state index >= 15 is 0 Å². The molecule has 1 unspecified atom stereocenters. The fourth-order valence-corrected chi connectivity index (χ4v) is 1.95. The second kappa shape index (κ2) is 6.20. The highest BCUT2D eigenvalue weighted by molar-refractivity contribution is 14.1. The van der Waals surface area contributed by atoms with E-state index < -0.39 is 6.10 Å². The summed E-state index contributed by atoms with van der Waals surface area (Å²) in [5.41, 5.74) is 2.05. The Kier molecular flexibility index (Phi) is 4.60. The number of hydrogen-bond donors (Lipinski definition) is 1. The van der Waals surface area contributed by atoms with Gasteiger partial charge >= 0.3 is 0 Å². The van der Waals surface area contributed by atoms with Gasteiger partial charge in [-0.3, -0.25) is 0 Å². The molecule has 0 saturated carbocycles. The molecule has 2 aromatic rings. The quantitative estimate of drug-likeness (QED) is 0.844. The topological polar surface area (TPSA) is 29.5 Å². The third-order valence-electron chi connectivity index (χ3n) is 2.68. The van der Waals surface area contributed by atoms with Gasteiger partial charge in [0.15, 0.2) is 0 Å². The minimum Gasteiger partial charge on any atom is -0.489 e. The lowest BCUT2D eigenvalue weighted by Crippen LogP contribution is -1.96. The van der Waals surface area contributed by atoms with Crippen molar-refractivity contribution in [3.8, 4) is 5.75 Å². The summed E-state index contributed by atoms with van der Waals surface area (Å²) in [6, 6.07) is 15.8. The smallest absolute Gasteiger partial charge is 0.119 e. The summed E-state index contributed by atoms with van der Waals surface area (Å²) >= 11 is 2.28. The van der Waals surface area contributed by atoms with Gasteiger partial charge in [-0.05, 0) is 64.9 Å². The van der Waals surface area contributed by atoms with Gasteiger partial charge in [0.25, 0.3) is 0 Å². The maximum atomic E-state index is 9.41. The lowest BCUT2D eigenvalue weighted by Gasteiger charge is -2.08. The second-order valence-electron chi connectivity index (χ2n) is 4.16. The summed E-state index contributed by atoms with van der Waals surface area (Å²) in [5.74, 6) is 0.818. The van der Waals surface area contributed by atoms with Crippen LogP contribution in [0.3, 0.4) is 0 Å². The lowest BCUT2D eigenvalue weighted by molar-refractivity contribution is 0.199. The zero-order chi connectivity index (χ0) is 13.0. The number of ether oxygens (including phenoxy) is 1. The Morgan fingerprint density at radius 2 is 1.67 bits per heavy atom. The molecular formula is C15H15IO2. The first kappa shape index (κ1) is 13.4. The Labute approximate surface area is 121 Å². The van der Waals surface area contributed by atoms with Crippen LogP contribution >= 0.6 is 22.6 Å². The van der Waals surface area contributed by atoms with Crippen molar-refractivity contribution in [1.82, 2.24) is 0 Å². The monoisotopic (exact) mass is 354 g/mol. The van der Waals surface area contributed by atoms with Crippen molar-refractivity contribution in [1.29, 1.82) is 0 Å². The number of halogens is 1. The van der Waals surface area contributed by atoms with Crippen molar-refractivity contribution in [2.75, 3.05) is 0 Å². The van der Waals surface area contributed by atoms with Crippen molar-refractivity contribution in [3.63, 3.8) is 0 Å². The zero-order valence-corrected chi connectivity index (χ0v) is 12.3. The number of benzene rings is 2. The lowest BCUT2D eigenvalue weighted by atomic mass is 10.1. The van der Waals surface area contributed by atoms with Crippen molar-refractivity contribution in [2.24, 2.45) is 0 Å². The highest BCUT2D eigenvalue weighted by Crippen LogP contribution is 2.18. The standard InChI is InChI=1S/C15H15IO2/c1-11(17)13-4-8-15(9-5-13)18-10-12-2-6-14(16)7-3-12/h2-9,11,17H,10H2,1H3. The third-order valence-corrected chi connectivity index (χ3v) is 3.40. The SMILES string of the molecule is CC(O)c1ccc(OCc2ccc(I)cc2)cc1. The first-order chi connectivity index (χ1) is 8.65. The van der Waals surface area contributed by atoms with Gasteiger partial charge in [-0.25, -0.2) is 0 Å². The molecule has 0 saturated heterocycles. The van der Waals surface area contributed by atoms with E-state index in [0.29, 0.717) is 6.61 Å². The van der Waals surface area contributed by atoms with E-state index in [-0.39, 0.29) is 0 Å². The maximum Gasteiger partial charge on any atom is 0.119 e. The molecule has 0 bridgehead atoms. The van der Waals surface area contributed by atoms with Crippen LogP contribution in [-0.4, -0.2) is 5.11 Å². The van der Waals surface area contributed by atoms with Crippen LogP contribution in [0.15, 0.2) is 48.5 Å². The van der Waals surface area contributed by atoms with Crippen LogP contribution in [0.1, 0.15) is 24.2 Å². The number of hydrogen-bond acceptors (Lipinski definition) is 2. The number of aliphatic hydroxyl groups is 1. The molecule has 2 rings (SSSR count). The van der Waals surface area contributed by atoms with E-state index in [9.17, 15) is 5.11 Å². The van der Waals surface area contributed by atoms with Crippen molar-refractivity contribution in [3.05, 3.63) is 63.2 Å². The summed E-state index contributed by atoms with van der Waals surface area (Å²) in [5, 5.41) is 9.41. The molecule has 0 amide bonds. The van der Waals surface area contributed by atoms with E-state index in [1.54, 1.807) is 6.92 Å². The largest absolute Gasteiger partial charge is 0.489 e.